The van der Waals surface area contributed by atoms with Crippen LogP contribution in [0.1, 0.15) is 58.8 Å². The van der Waals surface area contributed by atoms with E-state index in [1.807, 2.05) is 0 Å². The van der Waals surface area contributed by atoms with Crippen LogP contribution in [-0.2, 0) is 0 Å². The summed E-state index contributed by atoms with van der Waals surface area (Å²) in [7, 11) is 0. The quantitative estimate of drug-likeness (QED) is 0.715. The van der Waals surface area contributed by atoms with Crippen LogP contribution in [0.5, 0.6) is 0 Å². The second kappa shape index (κ2) is 4.45. The average molecular weight is 287 g/mol. The largest absolute Gasteiger partial charge is 0.393 e. The van der Waals surface area contributed by atoms with Crippen LogP contribution in [0.2, 0.25) is 0 Å². The maximum atomic E-state index is 10.4. The number of allylic oxidation sites excluding steroid dienone is 3. The molecule has 0 radical (unpaired) electrons. The van der Waals surface area contributed by atoms with Gasteiger partial charge in [0, 0.05) is 11.5 Å². The van der Waals surface area contributed by atoms with Crippen molar-refractivity contribution in [3.63, 3.8) is 0 Å². The summed E-state index contributed by atoms with van der Waals surface area (Å²) in [5.74, 6) is 1.31. The van der Waals surface area contributed by atoms with Crippen LogP contribution in [0.15, 0.2) is 23.3 Å². The molecule has 0 aromatic heterocycles. The van der Waals surface area contributed by atoms with Gasteiger partial charge in [-0.05, 0) is 62.2 Å². The van der Waals surface area contributed by atoms with Gasteiger partial charge in [0.1, 0.15) is 0 Å². The maximum Gasteiger partial charge on any atom is 0.0599 e. The summed E-state index contributed by atoms with van der Waals surface area (Å²) in [6, 6.07) is 0.362. The molecule has 0 aromatic rings. The molecule has 0 amide bonds. The van der Waals surface area contributed by atoms with Gasteiger partial charge < -0.3 is 10.8 Å². The molecule has 0 heterocycles. The minimum Gasteiger partial charge on any atom is -0.393 e. The first-order valence-corrected chi connectivity index (χ1v) is 8.80. The van der Waals surface area contributed by atoms with Crippen molar-refractivity contribution < 1.29 is 5.11 Å². The van der Waals surface area contributed by atoms with Crippen LogP contribution in [0.4, 0.5) is 0 Å². The molecule has 4 rings (SSSR count). The van der Waals surface area contributed by atoms with Crippen LogP contribution in [0.3, 0.4) is 0 Å². The van der Waals surface area contributed by atoms with E-state index in [9.17, 15) is 5.11 Å². The number of hydrogen-bond donors (Lipinski definition) is 2. The van der Waals surface area contributed by atoms with Gasteiger partial charge in [-0.1, -0.05) is 37.1 Å². The summed E-state index contributed by atoms with van der Waals surface area (Å²) in [5.41, 5.74) is 9.92. The molecule has 0 spiro atoms. The van der Waals surface area contributed by atoms with Gasteiger partial charge >= 0.3 is 0 Å². The van der Waals surface area contributed by atoms with Crippen molar-refractivity contribution in [3.8, 4) is 0 Å². The highest BCUT2D eigenvalue weighted by molar-refractivity contribution is 5.39. The van der Waals surface area contributed by atoms with Gasteiger partial charge in [-0.2, -0.15) is 0 Å². The number of hydrogen-bond acceptors (Lipinski definition) is 2. The lowest BCUT2D eigenvalue weighted by molar-refractivity contribution is 0.00642. The Kier molecular flexibility index (Phi) is 2.97. The monoisotopic (exact) mass is 287 g/mol. The fourth-order valence-corrected chi connectivity index (χ4v) is 6.00. The van der Waals surface area contributed by atoms with E-state index in [0.29, 0.717) is 23.3 Å². The molecule has 0 unspecified atom stereocenters. The van der Waals surface area contributed by atoms with Gasteiger partial charge in [0.05, 0.1) is 6.10 Å². The Morgan fingerprint density at radius 2 is 1.86 bits per heavy atom. The Morgan fingerprint density at radius 3 is 2.67 bits per heavy atom. The van der Waals surface area contributed by atoms with E-state index >= 15 is 0 Å². The Balaban J connectivity index is 1.74. The van der Waals surface area contributed by atoms with E-state index < -0.39 is 0 Å². The van der Waals surface area contributed by atoms with Gasteiger partial charge in [0.25, 0.3) is 0 Å². The Labute approximate surface area is 128 Å². The molecule has 0 saturated heterocycles. The second-order valence-electron chi connectivity index (χ2n) is 8.52. The smallest absolute Gasteiger partial charge is 0.0599 e. The zero-order chi connectivity index (χ0) is 14.8. The number of aliphatic hydroxyl groups excluding tert-OH is 1. The van der Waals surface area contributed by atoms with Crippen molar-refractivity contribution in [3.05, 3.63) is 23.3 Å². The molecule has 3 saturated carbocycles. The summed E-state index contributed by atoms with van der Waals surface area (Å²) in [6.07, 6.45) is 12.8. The molecule has 4 aliphatic rings. The van der Waals surface area contributed by atoms with E-state index in [0.717, 1.165) is 12.8 Å². The SMILES string of the molecule is C[C@]12CC[C@H]3C(=CC=C4C[C@@H](N)CC[C@@]43C)[C@@H]1CC[C@@H]2O. The minimum absolute atomic E-state index is 0.0951. The summed E-state index contributed by atoms with van der Waals surface area (Å²) in [6.45, 7) is 4.81. The lowest BCUT2D eigenvalue weighted by atomic mass is 9.51. The predicted octanol–water partition coefficient (Wildman–Crippen LogP) is 3.56. The van der Waals surface area contributed by atoms with E-state index in [1.165, 1.54) is 32.1 Å². The molecule has 0 aromatic carbocycles. The highest BCUT2D eigenvalue weighted by atomic mass is 16.3. The number of rotatable bonds is 0. The highest BCUT2D eigenvalue weighted by Crippen LogP contribution is 2.63. The Hall–Kier alpha value is -0.600. The molecule has 4 aliphatic carbocycles. The molecule has 116 valence electrons. The van der Waals surface area contributed by atoms with E-state index in [2.05, 4.69) is 26.0 Å². The first-order chi connectivity index (χ1) is 9.95. The second-order valence-corrected chi connectivity index (χ2v) is 8.52. The normalized spacial score (nSPS) is 52.4. The fraction of sp³-hybridized carbons (Fsp3) is 0.789. The van der Waals surface area contributed by atoms with Gasteiger partial charge in [0.15, 0.2) is 0 Å². The third-order valence-electron chi connectivity index (χ3n) is 7.56. The van der Waals surface area contributed by atoms with Crippen molar-refractivity contribution in [1.82, 2.24) is 0 Å². The van der Waals surface area contributed by atoms with Crippen molar-refractivity contribution in [2.75, 3.05) is 0 Å². The van der Waals surface area contributed by atoms with Gasteiger partial charge in [0.2, 0.25) is 0 Å². The topological polar surface area (TPSA) is 46.2 Å². The van der Waals surface area contributed by atoms with Crippen molar-refractivity contribution in [2.24, 2.45) is 28.4 Å². The van der Waals surface area contributed by atoms with Crippen molar-refractivity contribution >= 4 is 0 Å². The van der Waals surface area contributed by atoms with Crippen LogP contribution in [-0.4, -0.2) is 17.3 Å². The molecule has 3 N–H and O–H groups in total. The number of nitrogens with two attached hydrogens (primary N) is 1. The molecule has 2 heteroatoms. The zero-order valence-corrected chi connectivity index (χ0v) is 13.4. The fourth-order valence-electron chi connectivity index (χ4n) is 6.00. The standard InChI is InChI=1S/C19H29NO/c1-18-9-7-13(20)11-12(18)3-4-14-15-5-6-17(21)19(15,2)10-8-16(14)18/h3-4,13,15-17,21H,5-11,20H2,1-2H3/t13-,15-,16-,17-,18-,19-/m0/s1. The molecule has 0 bridgehead atoms. The molecule has 6 atom stereocenters. The number of aliphatic hydroxyl groups is 1. The first-order valence-electron chi connectivity index (χ1n) is 8.80. The third-order valence-corrected chi connectivity index (χ3v) is 7.56. The van der Waals surface area contributed by atoms with E-state index in [-0.39, 0.29) is 11.5 Å². The molecular weight excluding hydrogens is 258 g/mol. The number of fused-ring (bicyclic) bond motifs is 5. The van der Waals surface area contributed by atoms with Gasteiger partial charge in [-0.25, -0.2) is 0 Å². The lowest BCUT2D eigenvalue weighted by Crippen LogP contribution is -2.47. The predicted molar refractivity (Wildman–Crippen MR) is 85.7 cm³/mol. The van der Waals surface area contributed by atoms with Crippen LogP contribution < -0.4 is 5.73 Å². The van der Waals surface area contributed by atoms with Gasteiger partial charge in [-0.15, -0.1) is 0 Å². The van der Waals surface area contributed by atoms with E-state index in [4.69, 9.17) is 5.73 Å². The summed E-state index contributed by atoms with van der Waals surface area (Å²) < 4.78 is 0. The van der Waals surface area contributed by atoms with Crippen LogP contribution in [0, 0.1) is 22.7 Å². The lowest BCUT2D eigenvalue weighted by Gasteiger charge is -2.54. The summed E-state index contributed by atoms with van der Waals surface area (Å²) in [4.78, 5) is 0. The molecule has 3 fully saturated rings. The molecule has 21 heavy (non-hydrogen) atoms. The summed E-state index contributed by atoms with van der Waals surface area (Å²) >= 11 is 0. The minimum atomic E-state index is -0.0951. The van der Waals surface area contributed by atoms with Crippen molar-refractivity contribution in [1.29, 1.82) is 0 Å². The third kappa shape index (κ3) is 1.78. The molecule has 0 aliphatic heterocycles. The zero-order valence-electron chi connectivity index (χ0n) is 13.4. The van der Waals surface area contributed by atoms with Crippen LogP contribution >= 0.6 is 0 Å². The first kappa shape index (κ1) is 14.0. The van der Waals surface area contributed by atoms with Crippen LogP contribution in [0.25, 0.3) is 0 Å². The maximum absolute atomic E-state index is 10.4. The van der Waals surface area contributed by atoms with Gasteiger partial charge in [-0.3, -0.25) is 0 Å². The highest BCUT2D eigenvalue weighted by Gasteiger charge is 2.55. The van der Waals surface area contributed by atoms with Crippen molar-refractivity contribution in [2.45, 2.75) is 70.9 Å². The summed E-state index contributed by atoms with van der Waals surface area (Å²) in [5, 5.41) is 10.4. The molecule has 2 nitrogen and oxygen atoms in total. The Morgan fingerprint density at radius 1 is 1.05 bits per heavy atom. The Bertz CT molecular complexity index is 522. The average Bonchev–Trinajstić information content (AvgIpc) is 2.76. The molecular formula is C19H29NO. The van der Waals surface area contributed by atoms with E-state index in [1.54, 1.807) is 11.1 Å².